The predicted molar refractivity (Wildman–Crippen MR) is 460 cm³/mol. The minimum absolute atomic E-state index is 0. The molecule has 4 aromatic heterocycles. The monoisotopic (exact) mass is 1840 g/mol. The summed E-state index contributed by atoms with van der Waals surface area (Å²) in [6.07, 6.45) is 21.7. The molecule has 112 heavy (non-hydrogen) atoms. The minimum atomic E-state index is -0.961. The average molecular weight is 1840 g/mol. The third kappa shape index (κ3) is 34.1. The third-order valence-corrected chi connectivity index (χ3v) is 20.8. The number of halogens is 3. The normalized spacial score (nSPS) is 16.0. The third-order valence-electron chi connectivity index (χ3n) is 20.3. The van der Waals surface area contributed by atoms with E-state index in [1.165, 1.54) is 73.8 Å². The predicted octanol–water partition coefficient (Wildman–Crippen LogP) is 12.6. The zero-order valence-corrected chi connectivity index (χ0v) is 69.9. The number of hydrogen-bond donors (Lipinski definition) is 8. The van der Waals surface area contributed by atoms with Crippen LogP contribution in [0.1, 0.15) is 196 Å². The van der Waals surface area contributed by atoms with Crippen LogP contribution >= 0.6 is 53.2 Å². The number of ketones is 1. The molecule has 6 aliphatic rings. The standard InChI is InChI=1S/C27H35N3O3.C14H19N3O3.C13H17N3O3.C13H19NO.C7H6BrNO2.C7H14N2O.2CH4.I2/c1-19(31)30-14-11-24(12-15-30)29-27-18-23(10-13-28-27)26(33)9-8-25(32)7-6-20-16-21-4-2-3-5-22(21)17-20;1-10(18)17-7-4-12(5-8-17)16-13-9-11(3-6-15-13)14(19)20-2;1-9(17)16-6-3-11(4-7-16)15-12-8-10(13(18)19)2-5-14-12;14-9-13(15)6-5-10-7-11-3-1-2-4-12(11)8-10;1-11-7(10)5-2-3-9-6(8)4-5;1-6(10)9-4-2-7(8)3-5-9;;;1-2/h2-5,10,13,18,20,24-25,32H,6-9,11-12,14-17H2,1H3,(H,28,29);3,6,9,12H,4-5,7-8H2,1-2H3,(H,15,16);2,5,8,11H,3-4,6-7H2,1H3,(H,14,15)(H,18,19);1-4,10,13,15H,5-9,14H2;2-4H,1H3;7H,2-5,8H2,1H3;2*1H4;. The summed E-state index contributed by atoms with van der Waals surface area (Å²) in [4.78, 5) is 115. The molecule has 4 saturated heterocycles. The Morgan fingerprint density at radius 1 is 0.482 bits per heavy atom. The highest BCUT2D eigenvalue weighted by Gasteiger charge is 2.27. The van der Waals surface area contributed by atoms with E-state index < -0.39 is 12.1 Å². The van der Waals surface area contributed by atoms with Gasteiger partial charge in [0.15, 0.2) is 5.78 Å². The second-order valence-electron chi connectivity index (χ2n) is 28.3. The van der Waals surface area contributed by atoms with E-state index in [1.807, 2.05) is 25.7 Å². The van der Waals surface area contributed by atoms with E-state index in [4.69, 9.17) is 16.6 Å². The number of methoxy groups -OCH3 is 2. The maximum absolute atomic E-state index is 12.7. The molecule has 0 saturated carbocycles. The van der Waals surface area contributed by atoms with Crippen molar-refractivity contribution in [2.75, 3.05) is 89.1 Å². The number of likely N-dealkylation sites (tertiary alicyclic amines) is 4. The maximum Gasteiger partial charge on any atom is 0.338 e. The number of hydrogen-bond acceptors (Lipinski definition) is 21. The van der Waals surface area contributed by atoms with Crippen LogP contribution in [0.2, 0.25) is 0 Å². The lowest BCUT2D eigenvalue weighted by Crippen LogP contribution is -2.41. The van der Waals surface area contributed by atoms with E-state index in [0.29, 0.717) is 76.0 Å². The van der Waals surface area contributed by atoms with Crippen molar-refractivity contribution in [3.63, 3.8) is 0 Å². The van der Waals surface area contributed by atoms with Crippen LogP contribution in [0.5, 0.6) is 0 Å². The van der Waals surface area contributed by atoms with Gasteiger partial charge in [0.2, 0.25) is 23.6 Å². The van der Waals surface area contributed by atoms with Gasteiger partial charge in [-0.25, -0.2) is 34.3 Å². The first-order chi connectivity index (χ1) is 52.9. The number of esters is 2. The first-order valence-corrected chi connectivity index (χ1v) is 44.8. The number of aromatic nitrogens is 4. The molecule has 12 rings (SSSR count). The van der Waals surface area contributed by atoms with Crippen molar-refractivity contribution in [1.82, 2.24) is 39.5 Å². The summed E-state index contributed by atoms with van der Waals surface area (Å²) < 4.78 is 9.81. The summed E-state index contributed by atoms with van der Waals surface area (Å²) in [6, 6.07) is 31.4. The van der Waals surface area contributed by atoms with Gasteiger partial charge in [-0.3, -0.25) is 24.0 Å². The van der Waals surface area contributed by atoms with Crippen molar-refractivity contribution in [2.24, 2.45) is 23.3 Å². The number of rotatable bonds is 20. The van der Waals surface area contributed by atoms with E-state index >= 15 is 0 Å². The molecule has 29 heteroatoms. The largest absolute Gasteiger partial charge is 0.478 e. The first kappa shape index (κ1) is 96.5. The van der Waals surface area contributed by atoms with Crippen molar-refractivity contribution in [3.8, 4) is 0 Å². The number of Topliss-reactive ketones (excluding diaryl/α,β-unsaturated/α-hetero) is 1. The minimum Gasteiger partial charge on any atom is -0.478 e. The number of amides is 4. The van der Waals surface area contributed by atoms with Gasteiger partial charge in [-0.05, 0) is 208 Å². The van der Waals surface area contributed by atoms with Gasteiger partial charge in [-0.2, -0.15) is 0 Å². The lowest BCUT2D eigenvalue weighted by atomic mass is 9.95. The van der Waals surface area contributed by atoms with Gasteiger partial charge in [0.1, 0.15) is 22.1 Å². The number of anilines is 3. The zero-order chi connectivity index (χ0) is 80.1. The molecule has 10 N–H and O–H groups in total. The van der Waals surface area contributed by atoms with Crippen LogP contribution < -0.4 is 27.4 Å². The van der Waals surface area contributed by atoms with Crippen LogP contribution in [0, 0.1) is 11.8 Å². The number of fused-ring (bicyclic) bond motifs is 2. The fourth-order valence-corrected chi connectivity index (χ4v) is 14.2. The van der Waals surface area contributed by atoms with Gasteiger partial charge in [0, 0.05) is 185 Å². The number of nitrogens with zero attached hydrogens (tertiary/aromatic N) is 8. The number of aliphatic hydroxyl groups is 2. The summed E-state index contributed by atoms with van der Waals surface area (Å²) in [5.41, 5.74) is 18.7. The molecule has 2 unspecified atom stereocenters. The molecular formula is C83H118BrI2N13O13. The molecule has 614 valence electrons. The smallest absolute Gasteiger partial charge is 0.338 e. The van der Waals surface area contributed by atoms with E-state index in [2.05, 4.69) is 147 Å². The summed E-state index contributed by atoms with van der Waals surface area (Å²) in [5.74, 6) is 2.11. The average Bonchev–Trinajstić information content (AvgIpc) is 1.69. The number of benzene rings is 2. The molecule has 0 spiro atoms. The molecule has 4 fully saturated rings. The Balaban J connectivity index is 0.000000294. The molecule has 2 aliphatic carbocycles. The van der Waals surface area contributed by atoms with Crippen LogP contribution in [-0.4, -0.2) is 212 Å². The van der Waals surface area contributed by atoms with Gasteiger partial charge in [0.05, 0.1) is 43.1 Å². The fourth-order valence-electron chi connectivity index (χ4n) is 13.9. The van der Waals surface area contributed by atoms with Crippen molar-refractivity contribution in [3.05, 3.63) is 171 Å². The Kier molecular flexibility index (Phi) is 44.7. The van der Waals surface area contributed by atoms with Gasteiger partial charge in [0.25, 0.3) is 0 Å². The maximum atomic E-state index is 12.7. The molecule has 6 aromatic rings. The number of carboxylic acids is 1. The Bertz CT molecular complexity index is 3840. The molecule has 2 atom stereocenters. The van der Waals surface area contributed by atoms with Gasteiger partial charge >= 0.3 is 17.9 Å². The SMILES string of the molecule is C.C.CC(=O)N1CCC(N)CC1.CC(=O)N1CCC(Nc2cc(C(=O)CCC(O)CCC3Cc4ccccc4C3)ccn2)CC1.CC(=O)N1CCC(Nc2cc(C(=O)O)ccn2)CC1.COC(=O)c1ccnc(Br)c1.COC(=O)c1ccnc(NC2CCN(C(C)=O)CC2)c1.II.NCC(O)CCC1Cc2ccccc2C1. The number of carboxylic acid groups (broad SMARTS) is 1. The Labute approximate surface area is 693 Å². The molecule has 0 radical (unpaired) electrons. The number of nitrogens with one attached hydrogen (secondary N) is 3. The summed E-state index contributed by atoms with van der Waals surface area (Å²) in [7, 11) is 2.70. The molecule has 8 heterocycles. The van der Waals surface area contributed by atoms with Crippen molar-refractivity contribution in [1.29, 1.82) is 0 Å². The number of nitrogens with two attached hydrogens (primary N) is 2. The van der Waals surface area contributed by atoms with Crippen molar-refractivity contribution in [2.45, 2.75) is 194 Å². The Morgan fingerprint density at radius 2 is 0.795 bits per heavy atom. The van der Waals surface area contributed by atoms with Crippen molar-refractivity contribution < 1.29 is 63.1 Å². The van der Waals surface area contributed by atoms with E-state index in [-0.39, 0.29) is 86.0 Å². The zero-order valence-electron chi connectivity index (χ0n) is 64.0. The second-order valence-corrected chi connectivity index (χ2v) is 29.1. The van der Waals surface area contributed by atoms with Gasteiger partial charge in [-0.15, -0.1) is 0 Å². The molecular weight excluding hydrogens is 1720 g/mol. The number of aliphatic hydroxyl groups excluding tert-OH is 2. The lowest BCUT2D eigenvalue weighted by molar-refractivity contribution is -0.130. The highest BCUT2D eigenvalue weighted by atomic mass is 128. The summed E-state index contributed by atoms with van der Waals surface area (Å²) >= 11 is 7.38. The lowest BCUT2D eigenvalue weighted by Gasteiger charge is -2.32. The van der Waals surface area contributed by atoms with E-state index in [9.17, 15) is 48.6 Å². The first-order valence-electron chi connectivity index (χ1n) is 37.7. The quantitative estimate of drug-likeness (QED) is 0.0152. The number of pyridine rings is 4. The molecule has 4 aliphatic heterocycles. The number of ether oxygens (including phenoxy) is 2. The molecule has 0 bridgehead atoms. The van der Waals surface area contributed by atoms with Gasteiger partial charge < -0.3 is 71.8 Å². The number of carbonyl (C=O) groups excluding carboxylic acids is 7. The van der Waals surface area contributed by atoms with E-state index in [1.54, 1.807) is 70.4 Å². The number of piperidine rings is 4. The number of aromatic carboxylic acids is 1. The summed E-state index contributed by atoms with van der Waals surface area (Å²) in [5, 5.41) is 38.7. The van der Waals surface area contributed by atoms with Crippen LogP contribution in [-0.2, 0) is 54.3 Å². The van der Waals surface area contributed by atoms with E-state index in [0.717, 1.165) is 142 Å². The summed E-state index contributed by atoms with van der Waals surface area (Å²) in [6.45, 7) is 12.9. The van der Waals surface area contributed by atoms with Crippen LogP contribution in [0.15, 0.2) is 126 Å². The molecule has 2 aromatic carbocycles. The number of carbonyl (C=O) groups is 8. The van der Waals surface area contributed by atoms with Crippen LogP contribution in [0.4, 0.5) is 17.5 Å². The fraction of sp³-hybridized carbons (Fsp3) is 0.518. The molecule has 26 nitrogen and oxygen atoms in total. The Morgan fingerprint density at radius 3 is 1.13 bits per heavy atom. The topological polar surface area (TPSA) is 368 Å². The highest BCUT2D eigenvalue weighted by Crippen LogP contribution is 2.32. The van der Waals surface area contributed by atoms with Crippen LogP contribution in [0.3, 0.4) is 0 Å². The van der Waals surface area contributed by atoms with Gasteiger partial charge in [-0.1, -0.05) is 63.4 Å². The van der Waals surface area contributed by atoms with Crippen LogP contribution in [0.25, 0.3) is 0 Å². The second kappa shape index (κ2) is 51.8. The Hall–Kier alpha value is -7.82. The highest BCUT2D eigenvalue weighted by molar-refractivity contribution is 15.0. The van der Waals surface area contributed by atoms with Crippen molar-refractivity contribution >= 4 is 118 Å². The molecule has 4 amide bonds.